The Kier molecular flexibility index (Phi) is 12.0. The Morgan fingerprint density at radius 2 is 1.27 bits per heavy atom. The van der Waals surface area contributed by atoms with Crippen LogP contribution in [0.4, 0.5) is 24.8 Å². The van der Waals surface area contributed by atoms with E-state index in [1.54, 1.807) is 38.0 Å². The molecule has 5 rings (SSSR count). The second-order valence-corrected chi connectivity index (χ2v) is 10.7. The smallest absolute Gasteiger partial charge is 0.389 e. The third kappa shape index (κ3) is 9.05. The lowest BCUT2D eigenvalue weighted by Crippen LogP contribution is -2.24. The molecule has 0 saturated heterocycles. The Hall–Kier alpha value is -3.95. The number of ether oxygens (including phenoxy) is 2. The number of anilines is 2. The first kappa shape index (κ1) is 33.9. The number of pyridine rings is 4. The number of aliphatic hydroxyl groups is 2. The minimum absolute atomic E-state index is 0.187. The van der Waals surface area contributed by atoms with E-state index in [4.69, 9.17) is 9.47 Å². The SMILES string of the molecule is COCC(O)CNc1ncc(-c2ccc(C(F)(F)F)cc2)c2ncccc12.COCC(O)CNc1ncc(Br)c2ncccc12. The zero-order valence-electron chi connectivity index (χ0n) is 24.4. The number of aromatic nitrogens is 4. The number of nitrogens with one attached hydrogen (secondary N) is 2. The van der Waals surface area contributed by atoms with Gasteiger partial charge >= 0.3 is 6.18 Å². The molecular formula is C31H32BrF3N6O4. The maximum absolute atomic E-state index is 12.8. The Bertz CT molecular complexity index is 1690. The van der Waals surface area contributed by atoms with Gasteiger partial charge in [-0.05, 0) is 57.9 Å². The number of benzene rings is 1. The van der Waals surface area contributed by atoms with E-state index in [9.17, 15) is 23.4 Å². The van der Waals surface area contributed by atoms with Crippen LogP contribution in [0.25, 0.3) is 32.9 Å². The summed E-state index contributed by atoms with van der Waals surface area (Å²) >= 11 is 3.41. The molecule has 10 nitrogen and oxygen atoms in total. The Morgan fingerprint density at radius 3 is 1.80 bits per heavy atom. The van der Waals surface area contributed by atoms with E-state index in [0.717, 1.165) is 27.5 Å². The second-order valence-electron chi connectivity index (χ2n) is 9.83. The molecule has 4 N–H and O–H groups in total. The minimum Gasteiger partial charge on any atom is -0.389 e. The number of fused-ring (bicyclic) bond motifs is 2. The summed E-state index contributed by atoms with van der Waals surface area (Å²) < 4.78 is 48.9. The molecule has 0 aliphatic heterocycles. The number of rotatable bonds is 11. The quantitative estimate of drug-likeness (QED) is 0.140. The molecule has 0 amide bonds. The van der Waals surface area contributed by atoms with Gasteiger partial charge in [0.2, 0.25) is 0 Å². The summed E-state index contributed by atoms with van der Waals surface area (Å²) in [4.78, 5) is 17.3. The van der Waals surface area contributed by atoms with E-state index in [2.05, 4.69) is 46.5 Å². The summed E-state index contributed by atoms with van der Waals surface area (Å²) in [5.41, 5.74) is 1.96. The average molecular weight is 690 g/mol. The molecule has 0 fully saturated rings. The molecular weight excluding hydrogens is 657 g/mol. The number of aliphatic hydroxyl groups excluding tert-OH is 2. The van der Waals surface area contributed by atoms with Gasteiger partial charge in [0.25, 0.3) is 0 Å². The molecule has 238 valence electrons. The molecule has 2 unspecified atom stereocenters. The lowest BCUT2D eigenvalue weighted by atomic mass is 10.0. The molecule has 45 heavy (non-hydrogen) atoms. The van der Waals surface area contributed by atoms with Crippen LogP contribution in [0.3, 0.4) is 0 Å². The number of methoxy groups -OCH3 is 2. The fraction of sp³-hybridized carbons (Fsp3) is 0.290. The molecule has 4 aromatic heterocycles. The van der Waals surface area contributed by atoms with E-state index in [1.807, 2.05) is 18.2 Å². The lowest BCUT2D eigenvalue weighted by molar-refractivity contribution is -0.137. The van der Waals surface area contributed by atoms with Gasteiger partial charge in [0.15, 0.2) is 0 Å². The van der Waals surface area contributed by atoms with Crippen molar-refractivity contribution in [3.63, 3.8) is 0 Å². The van der Waals surface area contributed by atoms with Crippen molar-refractivity contribution in [3.05, 3.63) is 83.4 Å². The van der Waals surface area contributed by atoms with Crippen LogP contribution in [0.5, 0.6) is 0 Å². The second kappa shape index (κ2) is 15.9. The summed E-state index contributed by atoms with van der Waals surface area (Å²) in [6, 6.07) is 12.2. The summed E-state index contributed by atoms with van der Waals surface area (Å²) in [7, 11) is 3.06. The van der Waals surface area contributed by atoms with E-state index < -0.39 is 23.9 Å². The monoisotopic (exact) mass is 688 g/mol. The standard InChI is InChI=1S/C19H18F3N3O2.C12H14BrN3O2/c1-27-11-14(26)9-24-18-15-3-2-8-23-17(15)16(10-25-18)12-4-6-13(7-5-12)19(20,21)22;1-18-7-8(17)5-15-12-9-3-2-4-14-11(9)10(13)6-16-12/h2-8,10,14,26H,9,11H2,1H3,(H,24,25);2-4,6,8,17H,5,7H2,1H3,(H,15,16). The number of hydrogen-bond acceptors (Lipinski definition) is 10. The van der Waals surface area contributed by atoms with Crippen LogP contribution in [0.1, 0.15) is 5.56 Å². The molecule has 1 aromatic carbocycles. The van der Waals surface area contributed by atoms with Crippen molar-refractivity contribution in [1.82, 2.24) is 19.9 Å². The topological polar surface area (TPSA) is 135 Å². The summed E-state index contributed by atoms with van der Waals surface area (Å²) in [6.07, 6.45) is 0.957. The van der Waals surface area contributed by atoms with Crippen molar-refractivity contribution in [3.8, 4) is 11.1 Å². The van der Waals surface area contributed by atoms with Gasteiger partial charge in [-0.3, -0.25) is 9.97 Å². The maximum atomic E-state index is 12.8. The maximum Gasteiger partial charge on any atom is 0.416 e. The normalized spacial score (nSPS) is 12.8. The van der Waals surface area contributed by atoms with E-state index in [0.29, 0.717) is 46.8 Å². The Labute approximate surface area is 265 Å². The molecule has 14 heteroatoms. The third-order valence-corrected chi connectivity index (χ3v) is 7.07. The van der Waals surface area contributed by atoms with Crippen molar-refractivity contribution < 1.29 is 32.9 Å². The minimum atomic E-state index is -4.38. The van der Waals surface area contributed by atoms with Crippen LogP contribution in [-0.2, 0) is 15.7 Å². The van der Waals surface area contributed by atoms with Crippen LogP contribution in [-0.4, -0.2) is 82.9 Å². The zero-order valence-corrected chi connectivity index (χ0v) is 26.0. The predicted molar refractivity (Wildman–Crippen MR) is 170 cm³/mol. The molecule has 0 aliphatic carbocycles. The van der Waals surface area contributed by atoms with Gasteiger partial charge < -0.3 is 30.3 Å². The molecule has 0 radical (unpaired) electrons. The number of nitrogens with zero attached hydrogens (tertiary/aromatic N) is 4. The van der Waals surface area contributed by atoms with Crippen molar-refractivity contribution in [2.45, 2.75) is 18.4 Å². The van der Waals surface area contributed by atoms with E-state index >= 15 is 0 Å². The van der Waals surface area contributed by atoms with Gasteiger partial charge in [0.1, 0.15) is 11.6 Å². The molecule has 0 saturated carbocycles. The number of hydrogen-bond donors (Lipinski definition) is 4. The van der Waals surface area contributed by atoms with Crippen molar-refractivity contribution in [2.75, 3.05) is 51.2 Å². The predicted octanol–water partition coefficient (Wildman–Crippen LogP) is 5.55. The fourth-order valence-corrected chi connectivity index (χ4v) is 4.79. The summed E-state index contributed by atoms with van der Waals surface area (Å²) in [5, 5.41) is 27.1. The molecule has 0 spiro atoms. The van der Waals surface area contributed by atoms with E-state index in [-0.39, 0.29) is 13.2 Å². The van der Waals surface area contributed by atoms with Gasteiger partial charge in [-0.15, -0.1) is 0 Å². The first-order valence-corrected chi connectivity index (χ1v) is 14.5. The lowest BCUT2D eigenvalue weighted by Gasteiger charge is -2.14. The first-order chi connectivity index (χ1) is 21.6. The largest absolute Gasteiger partial charge is 0.416 e. The van der Waals surface area contributed by atoms with Crippen molar-refractivity contribution in [2.24, 2.45) is 0 Å². The van der Waals surface area contributed by atoms with Crippen LogP contribution >= 0.6 is 15.9 Å². The Balaban J connectivity index is 0.000000222. The number of halogens is 4. The molecule has 5 aromatic rings. The molecule has 4 heterocycles. The Morgan fingerprint density at radius 1 is 0.756 bits per heavy atom. The van der Waals surface area contributed by atoms with Crippen LogP contribution in [0.15, 0.2) is 77.8 Å². The van der Waals surface area contributed by atoms with Crippen LogP contribution in [0.2, 0.25) is 0 Å². The molecule has 0 bridgehead atoms. The summed E-state index contributed by atoms with van der Waals surface area (Å²) in [5.74, 6) is 1.24. The highest BCUT2D eigenvalue weighted by Gasteiger charge is 2.30. The first-order valence-electron chi connectivity index (χ1n) is 13.7. The fourth-order valence-electron chi connectivity index (χ4n) is 4.37. The highest BCUT2D eigenvalue weighted by molar-refractivity contribution is 9.10. The van der Waals surface area contributed by atoms with E-state index in [1.165, 1.54) is 19.2 Å². The summed E-state index contributed by atoms with van der Waals surface area (Å²) in [6.45, 7) is 1.10. The van der Waals surface area contributed by atoms with Crippen LogP contribution in [0, 0.1) is 0 Å². The highest BCUT2D eigenvalue weighted by Crippen LogP contribution is 2.34. The van der Waals surface area contributed by atoms with Gasteiger partial charge in [-0.1, -0.05) is 12.1 Å². The van der Waals surface area contributed by atoms with Gasteiger partial charge in [-0.25, -0.2) is 9.97 Å². The third-order valence-electron chi connectivity index (χ3n) is 6.49. The molecule has 0 aliphatic rings. The van der Waals surface area contributed by atoms with Crippen LogP contribution < -0.4 is 10.6 Å². The van der Waals surface area contributed by atoms with Gasteiger partial charge in [-0.2, -0.15) is 13.2 Å². The number of alkyl halides is 3. The van der Waals surface area contributed by atoms with Crippen molar-refractivity contribution in [1.29, 1.82) is 0 Å². The molecule has 2 atom stereocenters. The van der Waals surface area contributed by atoms with Crippen molar-refractivity contribution >= 4 is 49.4 Å². The van der Waals surface area contributed by atoms with Gasteiger partial charge in [0, 0.05) is 68.4 Å². The zero-order chi connectivity index (χ0) is 32.4. The highest BCUT2D eigenvalue weighted by atomic mass is 79.9. The van der Waals surface area contributed by atoms with Gasteiger partial charge in [0.05, 0.1) is 46.5 Å². The average Bonchev–Trinajstić information content (AvgIpc) is 3.04.